The molecule has 1 rings (SSSR count). The minimum absolute atomic E-state index is 0.304. The lowest BCUT2D eigenvalue weighted by Crippen LogP contribution is -2.66. The van der Waals surface area contributed by atoms with Gasteiger partial charge in [-0.1, -0.05) is 0 Å². The van der Waals surface area contributed by atoms with Gasteiger partial charge in [-0.3, -0.25) is 9.69 Å². The summed E-state index contributed by atoms with van der Waals surface area (Å²) in [4.78, 5) is 23.5. The number of carbonyl (C=O) groups excluding carboxylic acids is 2. The smallest absolute Gasteiger partial charge is 0.324 e. The molecule has 0 bridgehead atoms. The second kappa shape index (κ2) is 2.99. The number of urea groups is 1. The molecule has 0 aliphatic carbocycles. The van der Waals surface area contributed by atoms with E-state index in [1.807, 2.05) is 20.8 Å². The normalized spacial score (nSPS) is 22.6. The Balaban J connectivity index is 2.47. The molecule has 1 aliphatic heterocycles. The molecule has 1 fully saturated rings. The van der Waals surface area contributed by atoms with E-state index < -0.39 is 6.04 Å². The van der Waals surface area contributed by atoms with Gasteiger partial charge in [-0.25, -0.2) is 4.79 Å². The molecule has 1 saturated heterocycles. The predicted octanol–water partition coefficient (Wildman–Crippen LogP) is -0.336. The monoisotopic (exact) mass is 185 g/mol. The number of β-lactam (4-membered cyclic amide) rings is 1. The van der Waals surface area contributed by atoms with Gasteiger partial charge in [-0.2, -0.15) is 0 Å². The molecule has 5 heteroatoms. The lowest BCUT2D eigenvalue weighted by molar-refractivity contribution is -0.137. The molecule has 74 valence electrons. The Kier molecular flexibility index (Phi) is 2.30. The van der Waals surface area contributed by atoms with Crippen LogP contribution in [0.4, 0.5) is 4.79 Å². The van der Waals surface area contributed by atoms with Gasteiger partial charge < -0.3 is 11.1 Å². The molecule has 0 spiro atoms. The van der Waals surface area contributed by atoms with E-state index in [-0.39, 0.29) is 17.5 Å². The van der Waals surface area contributed by atoms with Crippen LogP contribution in [0.2, 0.25) is 0 Å². The summed E-state index contributed by atoms with van der Waals surface area (Å²) in [5.41, 5.74) is 5.02. The van der Waals surface area contributed by atoms with Crippen molar-refractivity contribution in [2.24, 2.45) is 5.73 Å². The lowest BCUT2D eigenvalue weighted by Gasteiger charge is -2.36. The Hall–Kier alpha value is -1.10. The molecule has 0 radical (unpaired) electrons. The highest BCUT2D eigenvalue weighted by Gasteiger charge is 2.38. The standard InChI is InChI=1S/C8H15N3O2/c1-8(2,3)10-7(13)11-4-5(9)6(11)12/h5H,4,9H2,1-3H3,(H,10,13). The molecule has 0 aromatic carbocycles. The van der Waals surface area contributed by atoms with Crippen LogP contribution in [0.5, 0.6) is 0 Å². The molecule has 5 nitrogen and oxygen atoms in total. The van der Waals surface area contributed by atoms with E-state index >= 15 is 0 Å². The molecule has 3 amide bonds. The zero-order valence-corrected chi connectivity index (χ0v) is 8.13. The summed E-state index contributed by atoms with van der Waals surface area (Å²) in [5.74, 6) is -0.304. The predicted molar refractivity (Wildman–Crippen MR) is 48.0 cm³/mol. The van der Waals surface area contributed by atoms with E-state index in [0.717, 1.165) is 4.90 Å². The van der Waals surface area contributed by atoms with Crippen LogP contribution < -0.4 is 11.1 Å². The summed E-state index contributed by atoms with van der Waals surface area (Å²) in [6, 6.07) is -0.857. The summed E-state index contributed by atoms with van der Waals surface area (Å²) in [5, 5.41) is 2.68. The van der Waals surface area contributed by atoms with Gasteiger partial charge >= 0.3 is 6.03 Å². The number of nitrogens with one attached hydrogen (secondary N) is 1. The number of likely N-dealkylation sites (tertiary alicyclic amines) is 1. The number of amides is 3. The van der Waals surface area contributed by atoms with Crippen molar-refractivity contribution in [3.63, 3.8) is 0 Å². The number of carbonyl (C=O) groups is 2. The van der Waals surface area contributed by atoms with E-state index in [0.29, 0.717) is 6.54 Å². The second-order valence-electron chi connectivity index (χ2n) is 4.24. The van der Waals surface area contributed by atoms with Crippen LogP contribution in [0.3, 0.4) is 0 Å². The third-order valence-corrected chi connectivity index (χ3v) is 1.69. The van der Waals surface area contributed by atoms with Crippen LogP contribution in [0, 0.1) is 0 Å². The van der Waals surface area contributed by atoms with E-state index in [2.05, 4.69) is 5.32 Å². The molecule has 1 atom stereocenters. The first-order valence-corrected chi connectivity index (χ1v) is 4.20. The van der Waals surface area contributed by atoms with Gasteiger partial charge in [0.05, 0.1) is 6.54 Å². The summed E-state index contributed by atoms with van der Waals surface area (Å²) >= 11 is 0. The highest BCUT2D eigenvalue weighted by atomic mass is 16.2. The summed E-state index contributed by atoms with van der Waals surface area (Å²) in [7, 11) is 0. The third kappa shape index (κ3) is 2.18. The van der Waals surface area contributed by atoms with E-state index in [1.54, 1.807) is 0 Å². The van der Waals surface area contributed by atoms with Crippen molar-refractivity contribution in [1.29, 1.82) is 0 Å². The number of hydrogen-bond acceptors (Lipinski definition) is 3. The number of nitrogens with zero attached hydrogens (tertiary/aromatic N) is 1. The molecular formula is C8H15N3O2. The van der Waals surface area contributed by atoms with Gasteiger partial charge in [0, 0.05) is 5.54 Å². The Morgan fingerprint density at radius 2 is 2.15 bits per heavy atom. The molecule has 0 saturated carbocycles. The molecule has 0 aromatic heterocycles. The topological polar surface area (TPSA) is 75.4 Å². The Labute approximate surface area is 77.3 Å². The molecular weight excluding hydrogens is 170 g/mol. The van der Waals surface area contributed by atoms with Gasteiger partial charge in [-0.05, 0) is 20.8 Å². The van der Waals surface area contributed by atoms with E-state index in [1.165, 1.54) is 0 Å². The third-order valence-electron chi connectivity index (χ3n) is 1.69. The minimum Gasteiger partial charge on any atom is -0.333 e. The quantitative estimate of drug-likeness (QED) is 0.507. The van der Waals surface area contributed by atoms with Gasteiger partial charge in [0.25, 0.3) is 0 Å². The van der Waals surface area contributed by atoms with Gasteiger partial charge in [0.1, 0.15) is 6.04 Å². The maximum atomic E-state index is 11.3. The number of hydrogen-bond donors (Lipinski definition) is 2. The second-order valence-corrected chi connectivity index (χ2v) is 4.24. The average molecular weight is 185 g/mol. The van der Waals surface area contributed by atoms with Crippen molar-refractivity contribution in [1.82, 2.24) is 10.2 Å². The maximum Gasteiger partial charge on any atom is 0.324 e. The first-order valence-electron chi connectivity index (χ1n) is 4.20. The van der Waals surface area contributed by atoms with Crippen molar-refractivity contribution in [2.45, 2.75) is 32.4 Å². The van der Waals surface area contributed by atoms with Crippen LogP contribution >= 0.6 is 0 Å². The van der Waals surface area contributed by atoms with Crippen LogP contribution in [0.1, 0.15) is 20.8 Å². The Bertz CT molecular complexity index is 244. The molecule has 1 aliphatic rings. The largest absolute Gasteiger partial charge is 0.333 e. The minimum atomic E-state index is -0.495. The van der Waals surface area contributed by atoms with Crippen LogP contribution in [0.15, 0.2) is 0 Å². The van der Waals surface area contributed by atoms with Crippen molar-refractivity contribution in [3.05, 3.63) is 0 Å². The zero-order valence-electron chi connectivity index (χ0n) is 8.13. The Morgan fingerprint density at radius 1 is 1.62 bits per heavy atom. The molecule has 13 heavy (non-hydrogen) atoms. The fraction of sp³-hybridized carbons (Fsp3) is 0.750. The first kappa shape index (κ1) is 9.98. The summed E-state index contributed by atoms with van der Waals surface area (Å²) < 4.78 is 0. The summed E-state index contributed by atoms with van der Waals surface area (Å²) in [6.07, 6.45) is 0. The summed E-state index contributed by atoms with van der Waals surface area (Å²) in [6.45, 7) is 5.89. The first-order chi connectivity index (χ1) is 5.81. The van der Waals surface area contributed by atoms with Crippen molar-refractivity contribution in [3.8, 4) is 0 Å². The highest BCUT2D eigenvalue weighted by Crippen LogP contribution is 2.09. The SMILES string of the molecule is CC(C)(C)NC(=O)N1CC(N)C1=O. The molecule has 1 unspecified atom stereocenters. The van der Waals surface area contributed by atoms with Gasteiger partial charge in [-0.15, -0.1) is 0 Å². The fourth-order valence-electron chi connectivity index (χ4n) is 1.02. The van der Waals surface area contributed by atoms with Crippen molar-refractivity contribution < 1.29 is 9.59 Å². The average Bonchev–Trinajstić information content (AvgIpc) is 1.95. The van der Waals surface area contributed by atoms with Crippen molar-refractivity contribution in [2.75, 3.05) is 6.54 Å². The van der Waals surface area contributed by atoms with E-state index in [9.17, 15) is 9.59 Å². The highest BCUT2D eigenvalue weighted by molar-refractivity contribution is 6.02. The van der Waals surface area contributed by atoms with Crippen molar-refractivity contribution >= 4 is 11.9 Å². The molecule has 0 aromatic rings. The molecule has 1 heterocycles. The van der Waals surface area contributed by atoms with Crippen LogP contribution in [-0.2, 0) is 4.79 Å². The number of nitrogens with two attached hydrogens (primary N) is 1. The van der Waals surface area contributed by atoms with Gasteiger partial charge in [0.2, 0.25) is 5.91 Å². The van der Waals surface area contributed by atoms with Gasteiger partial charge in [0.15, 0.2) is 0 Å². The molecule has 3 N–H and O–H groups in total. The zero-order chi connectivity index (χ0) is 10.2. The van der Waals surface area contributed by atoms with Crippen LogP contribution in [0.25, 0.3) is 0 Å². The van der Waals surface area contributed by atoms with Crippen LogP contribution in [-0.4, -0.2) is 35.0 Å². The van der Waals surface area contributed by atoms with E-state index in [4.69, 9.17) is 5.73 Å². The Morgan fingerprint density at radius 3 is 2.46 bits per heavy atom. The fourth-order valence-corrected chi connectivity index (χ4v) is 1.02. The lowest BCUT2D eigenvalue weighted by atomic mass is 10.1. The number of rotatable bonds is 0. The number of imide groups is 1. The maximum absolute atomic E-state index is 11.3.